The molecule has 0 saturated heterocycles. The minimum atomic E-state index is -0.123. The van der Waals surface area contributed by atoms with Crippen LogP contribution in [0.5, 0.6) is 5.75 Å². The van der Waals surface area contributed by atoms with Crippen molar-refractivity contribution in [2.45, 2.75) is 57.7 Å². The molecule has 118 valence electrons. The van der Waals surface area contributed by atoms with Gasteiger partial charge in [-0.05, 0) is 42.9 Å². The predicted octanol–water partition coefficient (Wildman–Crippen LogP) is 4.51. The van der Waals surface area contributed by atoms with Gasteiger partial charge in [-0.1, -0.05) is 38.3 Å². The monoisotopic (exact) mass is 292 g/mol. The van der Waals surface area contributed by atoms with Crippen molar-refractivity contribution in [2.75, 3.05) is 20.3 Å². The Labute approximate surface area is 128 Å². The van der Waals surface area contributed by atoms with Gasteiger partial charge in [0.1, 0.15) is 12.4 Å². The van der Waals surface area contributed by atoms with E-state index in [9.17, 15) is 0 Å². The second-order valence-electron chi connectivity index (χ2n) is 5.70. The van der Waals surface area contributed by atoms with Gasteiger partial charge in [0.2, 0.25) is 0 Å². The van der Waals surface area contributed by atoms with Gasteiger partial charge in [-0.2, -0.15) is 0 Å². The molecule has 1 saturated carbocycles. The molecule has 0 radical (unpaired) electrons. The quantitative estimate of drug-likeness (QED) is 0.521. The molecule has 1 aliphatic rings. The lowest BCUT2D eigenvalue weighted by atomic mass is 9.84. The summed E-state index contributed by atoms with van der Waals surface area (Å²) < 4.78 is 16.4. The first-order valence-corrected chi connectivity index (χ1v) is 8.20. The topological polar surface area (TPSA) is 27.7 Å². The number of rotatable bonds is 8. The van der Waals surface area contributed by atoms with Gasteiger partial charge < -0.3 is 14.2 Å². The Kier molecular flexibility index (Phi) is 7.04. The number of ether oxygens (including phenoxy) is 3. The highest BCUT2D eigenvalue weighted by molar-refractivity contribution is 5.29. The minimum absolute atomic E-state index is 0.123. The number of benzene rings is 1. The summed E-state index contributed by atoms with van der Waals surface area (Å²) in [5.74, 6) is 1.67. The zero-order valence-corrected chi connectivity index (χ0v) is 13.3. The van der Waals surface area contributed by atoms with Gasteiger partial charge >= 0.3 is 0 Å². The molecule has 3 nitrogen and oxygen atoms in total. The average molecular weight is 292 g/mol. The van der Waals surface area contributed by atoms with Crippen molar-refractivity contribution in [3.63, 3.8) is 0 Å². The van der Waals surface area contributed by atoms with E-state index in [4.69, 9.17) is 14.2 Å². The molecule has 1 aromatic carbocycles. The van der Waals surface area contributed by atoms with Crippen molar-refractivity contribution in [3.05, 3.63) is 29.8 Å². The molecule has 1 fully saturated rings. The molecule has 0 bridgehead atoms. The van der Waals surface area contributed by atoms with Crippen molar-refractivity contribution in [2.24, 2.45) is 0 Å². The van der Waals surface area contributed by atoms with Crippen LogP contribution in [0.3, 0.4) is 0 Å². The maximum atomic E-state index is 5.71. The van der Waals surface area contributed by atoms with E-state index in [1.54, 1.807) is 7.11 Å². The zero-order chi connectivity index (χ0) is 14.9. The van der Waals surface area contributed by atoms with Crippen molar-refractivity contribution < 1.29 is 14.2 Å². The molecular formula is C18H28O3. The first-order valence-electron chi connectivity index (χ1n) is 8.20. The third-order valence-corrected chi connectivity index (χ3v) is 4.21. The van der Waals surface area contributed by atoms with E-state index in [0.717, 1.165) is 18.1 Å². The molecule has 0 N–H and O–H groups in total. The summed E-state index contributed by atoms with van der Waals surface area (Å²) in [6, 6.07) is 8.60. The highest BCUT2D eigenvalue weighted by Crippen LogP contribution is 2.33. The molecule has 0 spiro atoms. The lowest BCUT2D eigenvalue weighted by molar-refractivity contribution is -0.129. The van der Waals surface area contributed by atoms with E-state index in [1.165, 1.54) is 37.7 Å². The first-order chi connectivity index (χ1) is 10.3. The summed E-state index contributed by atoms with van der Waals surface area (Å²) in [7, 11) is 1.67. The maximum absolute atomic E-state index is 5.71. The standard InChI is InChI=1S/C18H28O3/c1-3-18(19-2)21-14-13-20-17-11-9-16(10-12-17)15-7-5-4-6-8-15/h9-12,15,18H,3-8,13-14H2,1-2H3. The van der Waals surface area contributed by atoms with E-state index in [-0.39, 0.29) is 6.29 Å². The third-order valence-electron chi connectivity index (χ3n) is 4.21. The molecule has 3 heteroatoms. The van der Waals surface area contributed by atoms with Crippen LogP contribution in [-0.4, -0.2) is 26.6 Å². The molecule has 1 aromatic rings. The molecule has 2 rings (SSSR count). The molecule has 1 unspecified atom stereocenters. The molecular weight excluding hydrogens is 264 g/mol. The minimum Gasteiger partial charge on any atom is -0.491 e. The Bertz CT molecular complexity index is 378. The fraction of sp³-hybridized carbons (Fsp3) is 0.667. The van der Waals surface area contributed by atoms with Gasteiger partial charge in [0, 0.05) is 7.11 Å². The summed E-state index contributed by atoms with van der Waals surface area (Å²) in [5.41, 5.74) is 1.46. The number of hydrogen-bond donors (Lipinski definition) is 0. The Morgan fingerprint density at radius 2 is 1.76 bits per heavy atom. The van der Waals surface area contributed by atoms with Gasteiger partial charge in [-0.3, -0.25) is 0 Å². The largest absolute Gasteiger partial charge is 0.491 e. The SMILES string of the molecule is CCC(OC)OCCOc1ccc(C2CCCCC2)cc1. The number of methoxy groups -OCH3 is 1. The summed E-state index contributed by atoms with van der Waals surface area (Å²) >= 11 is 0. The maximum Gasteiger partial charge on any atom is 0.157 e. The lowest BCUT2D eigenvalue weighted by Crippen LogP contribution is -2.18. The molecule has 1 aliphatic carbocycles. The van der Waals surface area contributed by atoms with Crippen molar-refractivity contribution in [3.8, 4) is 5.75 Å². The van der Waals surface area contributed by atoms with Crippen LogP contribution in [-0.2, 0) is 9.47 Å². The molecule has 21 heavy (non-hydrogen) atoms. The van der Waals surface area contributed by atoms with Crippen LogP contribution in [0.1, 0.15) is 56.9 Å². The summed E-state index contributed by atoms with van der Waals surface area (Å²) in [6.07, 6.45) is 7.55. The fourth-order valence-electron chi connectivity index (χ4n) is 2.96. The Morgan fingerprint density at radius 1 is 1.05 bits per heavy atom. The molecule has 0 amide bonds. The highest BCUT2D eigenvalue weighted by atomic mass is 16.7. The van der Waals surface area contributed by atoms with E-state index in [0.29, 0.717) is 13.2 Å². The van der Waals surface area contributed by atoms with Crippen molar-refractivity contribution in [1.82, 2.24) is 0 Å². The van der Waals surface area contributed by atoms with Crippen LogP contribution < -0.4 is 4.74 Å². The van der Waals surface area contributed by atoms with Crippen molar-refractivity contribution in [1.29, 1.82) is 0 Å². The van der Waals surface area contributed by atoms with Gasteiger partial charge in [0.25, 0.3) is 0 Å². The fourth-order valence-corrected chi connectivity index (χ4v) is 2.96. The van der Waals surface area contributed by atoms with Crippen LogP contribution in [0.4, 0.5) is 0 Å². The lowest BCUT2D eigenvalue weighted by Gasteiger charge is -2.22. The summed E-state index contributed by atoms with van der Waals surface area (Å²) in [5, 5.41) is 0. The normalized spacial score (nSPS) is 17.6. The van der Waals surface area contributed by atoms with Gasteiger partial charge in [-0.25, -0.2) is 0 Å². The second-order valence-corrected chi connectivity index (χ2v) is 5.70. The van der Waals surface area contributed by atoms with E-state index < -0.39 is 0 Å². The third kappa shape index (κ3) is 5.33. The predicted molar refractivity (Wildman–Crippen MR) is 84.8 cm³/mol. The van der Waals surface area contributed by atoms with Crippen LogP contribution in [0.15, 0.2) is 24.3 Å². The van der Waals surface area contributed by atoms with Gasteiger partial charge in [-0.15, -0.1) is 0 Å². The Morgan fingerprint density at radius 3 is 2.38 bits per heavy atom. The second kappa shape index (κ2) is 9.06. The molecule has 0 aliphatic heterocycles. The Balaban J connectivity index is 1.72. The van der Waals surface area contributed by atoms with Gasteiger partial charge in [0.15, 0.2) is 6.29 Å². The molecule has 1 atom stereocenters. The highest BCUT2D eigenvalue weighted by Gasteiger charge is 2.15. The smallest absolute Gasteiger partial charge is 0.157 e. The van der Waals surface area contributed by atoms with E-state index in [1.807, 2.05) is 6.92 Å². The summed E-state index contributed by atoms with van der Waals surface area (Å²) in [6.45, 7) is 3.15. The number of hydrogen-bond acceptors (Lipinski definition) is 3. The van der Waals surface area contributed by atoms with Crippen LogP contribution in [0.2, 0.25) is 0 Å². The summed E-state index contributed by atoms with van der Waals surface area (Å²) in [4.78, 5) is 0. The van der Waals surface area contributed by atoms with E-state index in [2.05, 4.69) is 24.3 Å². The van der Waals surface area contributed by atoms with Crippen LogP contribution in [0.25, 0.3) is 0 Å². The van der Waals surface area contributed by atoms with Gasteiger partial charge in [0.05, 0.1) is 6.61 Å². The van der Waals surface area contributed by atoms with Crippen LogP contribution >= 0.6 is 0 Å². The molecule has 0 aromatic heterocycles. The first kappa shape index (κ1) is 16.3. The zero-order valence-electron chi connectivity index (χ0n) is 13.3. The van der Waals surface area contributed by atoms with E-state index >= 15 is 0 Å². The van der Waals surface area contributed by atoms with Crippen molar-refractivity contribution >= 4 is 0 Å². The molecule has 0 heterocycles. The Hall–Kier alpha value is -1.06. The van der Waals surface area contributed by atoms with Crippen LogP contribution in [0, 0.1) is 0 Å². The average Bonchev–Trinajstić information content (AvgIpc) is 2.56.